The summed E-state index contributed by atoms with van der Waals surface area (Å²) in [7, 11) is 0. The molecule has 6 atom stereocenters. The number of allylic oxidation sites excluding steroid dienone is 4. The van der Waals surface area contributed by atoms with Crippen LogP contribution >= 0.6 is 11.8 Å². The summed E-state index contributed by atoms with van der Waals surface area (Å²) in [6, 6.07) is 56.0. The minimum Gasteiger partial charge on any atom is -0.280 e. The van der Waals surface area contributed by atoms with Crippen molar-refractivity contribution in [3.63, 3.8) is 0 Å². The average Bonchev–Trinajstić information content (AvgIpc) is 3.59. The van der Waals surface area contributed by atoms with Crippen molar-refractivity contribution >= 4 is 23.0 Å². The van der Waals surface area contributed by atoms with Crippen LogP contribution in [0.4, 0.5) is 0 Å². The second kappa shape index (κ2) is 16.9. The highest BCUT2D eigenvalue weighted by Gasteiger charge is 2.50. The highest BCUT2D eigenvalue weighted by molar-refractivity contribution is 7.99. The Bertz CT molecular complexity index is 2780. The van der Waals surface area contributed by atoms with Crippen molar-refractivity contribution in [3.05, 3.63) is 208 Å². The molecule has 1 spiro atoms. The zero-order chi connectivity index (χ0) is 45.3. The normalized spacial score (nSPS) is 23.5. The Morgan fingerprint density at radius 3 is 1.78 bits per heavy atom. The van der Waals surface area contributed by atoms with Crippen LogP contribution in [-0.4, -0.2) is 5.71 Å². The zero-order valence-electron chi connectivity index (χ0n) is 40.2. The van der Waals surface area contributed by atoms with Gasteiger partial charge in [0, 0.05) is 21.4 Å². The summed E-state index contributed by atoms with van der Waals surface area (Å²) in [5.74, 6) is 2.00. The highest BCUT2D eigenvalue weighted by Crippen LogP contribution is 2.62. The molecular formula is C63H67NS. The maximum absolute atomic E-state index is 6.05. The van der Waals surface area contributed by atoms with Gasteiger partial charge in [-0.25, -0.2) is 0 Å². The summed E-state index contributed by atoms with van der Waals surface area (Å²) in [4.78, 5) is 8.73. The second-order valence-corrected chi connectivity index (χ2v) is 22.8. The minimum atomic E-state index is -0.399. The van der Waals surface area contributed by atoms with Gasteiger partial charge in [0.05, 0.1) is 11.5 Å². The lowest BCUT2D eigenvalue weighted by Gasteiger charge is -2.45. The Hall–Kier alpha value is -5.18. The van der Waals surface area contributed by atoms with Crippen LogP contribution in [0.15, 0.2) is 178 Å². The molecule has 0 bridgehead atoms. The first kappa shape index (κ1) is 43.7. The van der Waals surface area contributed by atoms with Crippen LogP contribution < -0.4 is 0 Å². The third-order valence-corrected chi connectivity index (χ3v) is 17.0. The van der Waals surface area contributed by atoms with Gasteiger partial charge in [0.2, 0.25) is 0 Å². The van der Waals surface area contributed by atoms with Crippen molar-refractivity contribution in [1.29, 1.82) is 0 Å². The van der Waals surface area contributed by atoms with E-state index in [9.17, 15) is 0 Å². The summed E-state index contributed by atoms with van der Waals surface area (Å²) < 4.78 is 0. The van der Waals surface area contributed by atoms with E-state index >= 15 is 0 Å². The van der Waals surface area contributed by atoms with E-state index in [1.54, 1.807) is 5.57 Å². The third kappa shape index (κ3) is 7.34. The molecule has 0 amide bonds. The first-order valence-corrected chi connectivity index (χ1v) is 25.4. The number of rotatable bonds is 6. The zero-order valence-corrected chi connectivity index (χ0v) is 41.0. The molecule has 0 N–H and O–H groups in total. The van der Waals surface area contributed by atoms with Gasteiger partial charge in [-0.1, -0.05) is 225 Å². The van der Waals surface area contributed by atoms with Gasteiger partial charge in [0.1, 0.15) is 0 Å². The van der Waals surface area contributed by atoms with Crippen LogP contribution in [0, 0.1) is 34.5 Å². The van der Waals surface area contributed by atoms with Gasteiger partial charge in [-0.15, -0.1) is 0 Å². The Labute approximate surface area is 394 Å². The summed E-state index contributed by atoms with van der Waals surface area (Å²) in [6.07, 6.45) is 9.36. The number of fused-ring (bicyclic) bond motifs is 9. The number of hydrogen-bond acceptors (Lipinski definition) is 2. The van der Waals surface area contributed by atoms with Crippen molar-refractivity contribution in [2.24, 2.45) is 39.5 Å². The topological polar surface area (TPSA) is 12.4 Å². The van der Waals surface area contributed by atoms with Crippen LogP contribution in [0.3, 0.4) is 0 Å². The molecule has 10 rings (SSSR count). The maximum atomic E-state index is 6.05. The monoisotopic (exact) mass is 869 g/mol. The molecule has 0 saturated heterocycles. The summed E-state index contributed by atoms with van der Waals surface area (Å²) in [5, 5.41) is 0. The van der Waals surface area contributed by atoms with E-state index in [4.69, 9.17) is 4.99 Å². The van der Waals surface area contributed by atoms with E-state index in [1.807, 2.05) is 11.8 Å². The van der Waals surface area contributed by atoms with Gasteiger partial charge in [-0.2, -0.15) is 0 Å². The van der Waals surface area contributed by atoms with Crippen LogP contribution in [-0.2, 0) is 5.41 Å². The fourth-order valence-electron chi connectivity index (χ4n) is 12.9. The molecule has 0 aromatic heterocycles. The molecule has 2 aliphatic carbocycles. The van der Waals surface area contributed by atoms with E-state index < -0.39 is 5.41 Å². The lowest BCUT2D eigenvalue weighted by Crippen LogP contribution is -2.35. The minimum absolute atomic E-state index is 0.0298. The Kier molecular flexibility index (Phi) is 11.4. The van der Waals surface area contributed by atoms with Crippen molar-refractivity contribution < 1.29 is 0 Å². The molecule has 6 aromatic rings. The van der Waals surface area contributed by atoms with E-state index in [0.717, 1.165) is 25.7 Å². The molecule has 0 fully saturated rings. The molecule has 0 radical (unpaired) electrons. The molecule has 330 valence electrons. The molecule has 0 saturated carbocycles. The van der Waals surface area contributed by atoms with E-state index in [1.165, 1.54) is 76.7 Å². The van der Waals surface area contributed by atoms with Gasteiger partial charge in [-0.3, -0.25) is 4.99 Å². The lowest BCUT2D eigenvalue weighted by molar-refractivity contribution is 0.212. The Morgan fingerprint density at radius 1 is 0.569 bits per heavy atom. The van der Waals surface area contributed by atoms with Crippen molar-refractivity contribution in [3.8, 4) is 11.1 Å². The Morgan fingerprint density at radius 2 is 1.15 bits per heavy atom. The summed E-state index contributed by atoms with van der Waals surface area (Å²) >= 11 is 1.91. The molecule has 2 aliphatic heterocycles. The quantitative estimate of drug-likeness (QED) is 0.162. The largest absolute Gasteiger partial charge is 0.280 e. The fraction of sp³-hybridized carbons (Fsp3) is 0.349. The SMILES string of the molecule is CCC1C(c2ccccc2)=NC(c2ccc3c(c2)C2(c4ccccc4Sc4ccccc42)c2ccccc2-3)C(C)CCC1c1ccc(C2=CC=C(C(C)(C)C)C(CC)C2C(C)(C)C)cc1. The lowest BCUT2D eigenvalue weighted by atomic mass is 9.59. The van der Waals surface area contributed by atoms with Gasteiger partial charge in [-0.05, 0) is 134 Å². The number of aliphatic imine (C=N–C) groups is 1. The standard InChI is InChI=1S/C63H67NS/c1-10-45-47(41-30-32-42(33-31-41)48-37-38-51(61(4,5)6)46(11-2)58(48)62(7,8)9)35-29-40(3)59(64-60(45)43-21-13-12-14-22-43)44-34-36-50-49-23-15-16-24-52(49)63(55(50)39-44)53-25-17-19-27-56(53)65-57-28-20-18-26-54(57)63/h12-28,30-34,36-40,45-47,58-59H,10-11,29,35H2,1-9H3. The smallest absolute Gasteiger partial charge is 0.0778 e. The number of hydrogen-bond donors (Lipinski definition) is 0. The van der Waals surface area contributed by atoms with Crippen LogP contribution in [0.2, 0.25) is 0 Å². The van der Waals surface area contributed by atoms with Gasteiger partial charge < -0.3 is 0 Å². The highest BCUT2D eigenvalue weighted by atomic mass is 32.2. The molecule has 4 aliphatic rings. The second-order valence-electron chi connectivity index (χ2n) is 21.7. The molecular weight excluding hydrogens is 803 g/mol. The molecule has 2 heterocycles. The molecule has 65 heavy (non-hydrogen) atoms. The molecule has 6 aromatic carbocycles. The molecule has 6 unspecified atom stereocenters. The van der Waals surface area contributed by atoms with Crippen LogP contribution in [0.1, 0.15) is 144 Å². The predicted molar refractivity (Wildman–Crippen MR) is 277 cm³/mol. The van der Waals surface area contributed by atoms with Gasteiger partial charge in [0.25, 0.3) is 0 Å². The predicted octanol–water partition coefficient (Wildman–Crippen LogP) is 17.3. The fourth-order valence-corrected chi connectivity index (χ4v) is 14.1. The van der Waals surface area contributed by atoms with E-state index in [2.05, 4.69) is 220 Å². The average molecular weight is 870 g/mol. The number of benzene rings is 6. The third-order valence-electron chi connectivity index (χ3n) is 15.8. The van der Waals surface area contributed by atoms with Crippen molar-refractivity contribution in [2.45, 2.75) is 115 Å². The number of nitrogens with zero attached hydrogens (tertiary/aromatic N) is 1. The van der Waals surface area contributed by atoms with Crippen LogP contribution in [0.5, 0.6) is 0 Å². The van der Waals surface area contributed by atoms with Crippen molar-refractivity contribution in [1.82, 2.24) is 0 Å². The maximum Gasteiger partial charge on any atom is 0.0778 e. The Balaban J connectivity index is 1.08. The summed E-state index contributed by atoms with van der Waals surface area (Å²) in [5.41, 5.74) is 17.9. The first-order chi connectivity index (χ1) is 31.3. The van der Waals surface area contributed by atoms with Gasteiger partial charge in [0.15, 0.2) is 0 Å². The first-order valence-electron chi connectivity index (χ1n) is 24.6. The van der Waals surface area contributed by atoms with E-state index in [-0.39, 0.29) is 22.8 Å². The summed E-state index contributed by atoms with van der Waals surface area (Å²) in [6.45, 7) is 21.7. The molecule has 1 nitrogen and oxygen atoms in total. The van der Waals surface area contributed by atoms with Crippen LogP contribution in [0.25, 0.3) is 16.7 Å². The van der Waals surface area contributed by atoms with Crippen molar-refractivity contribution in [2.75, 3.05) is 0 Å². The van der Waals surface area contributed by atoms with E-state index in [0.29, 0.717) is 23.7 Å². The molecule has 2 heteroatoms. The van der Waals surface area contributed by atoms with Gasteiger partial charge >= 0.3 is 0 Å².